The molecule has 126 valence electrons. The first kappa shape index (κ1) is 17.2. The van der Waals surface area contributed by atoms with Gasteiger partial charge in [0.1, 0.15) is 0 Å². The fraction of sp³-hybridized carbons (Fsp3) is 0.867. The van der Waals surface area contributed by atoms with E-state index in [9.17, 15) is 13.2 Å². The van der Waals surface area contributed by atoms with Crippen molar-refractivity contribution in [3.8, 4) is 0 Å². The Bertz CT molecular complexity index is 542. The van der Waals surface area contributed by atoms with Crippen LogP contribution in [0.5, 0.6) is 0 Å². The van der Waals surface area contributed by atoms with E-state index in [1.54, 1.807) is 0 Å². The van der Waals surface area contributed by atoms with Crippen LogP contribution in [0.1, 0.15) is 46.5 Å². The van der Waals surface area contributed by atoms with Crippen LogP contribution < -0.4 is 10.7 Å². The predicted molar refractivity (Wildman–Crippen MR) is 87.5 cm³/mol. The quantitative estimate of drug-likeness (QED) is 0.775. The lowest BCUT2D eigenvalue weighted by atomic mass is 9.76. The molecule has 0 aromatic heterocycles. The number of amides is 2. The third kappa shape index (κ3) is 4.69. The fourth-order valence-corrected chi connectivity index (χ4v) is 5.01. The molecule has 22 heavy (non-hydrogen) atoms. The average molecular weight is 329 g/mol. The third-order valence-electron chi connectivity index (χ3n) is 4.63. The summed E-state index contributed by atoms with van der Waals surface area (Å²) in [5, 5.41) is 7.01. The molecule has 7 heteroatoms. The maximum Gasteiger partial charge on any atom is 0.335 e. The summed E-state index contributed by atoms with van der Waals surface area (Å²) in [4.78, 5) is 11.9. The van der Waals surface area contributed by atoms with Crippen molar-refractivity contribution in [2.45, 2.75) is 52.5 Å². The minimum atomic E-state index is -2.98. The molecule has 0 spiro atoms. The van der Waals surface area contributed by atoms with E-state index < -0.39 is 15.9 Å². The van der Waals surface area contributed by atoms with E-state index in [0.717, 1.165) is 18.6 Å². The van der Waals surface area contributed by atoms with Crippen LogP contribution in [0.3, 0.4) is 0 Å². The predicted octanol–water partition coefficient (Wildman–Crippen LogP) is 1.92. The number of rotatable bonds is 3. The molecule has 2 fully saturated rings. The lowest BCUT2D eigenvalue weighted by Gasteiger charge is -2.30. The van der Waals surface area contributed by atoms with Gasteiger partial charge in [0.25, 0.3) is 0 Å². The molecule has 1 aliphatic heterocycles. The zero-order valence-electron chi connectivity index (χ0n) is 13.6. The maximum atomic E-state index is 11.9. The summed E-state index contributed by atoms with van der Waals surface area (Å²) in [5.74, 6) is 1.71. The highest BCUT2D eigenvalue weighted by atomic mass is 32.2. The van der Waals surface area contributed by atoms with Crippen molar-refractivity contribution in [2.24, 2.45) is 22.9 Å². The highest BCUT2D eigenvalue weighted by Gasteiger charge is 2.29. The average Bonchev–Trinajstić information content (AvgIpc) is 2.75. The number of nitrogens with zero attached hydrogens (tertiary/aromatic N) is 1. The van der Waals surface area contributed by atoms with Crippen molar-refractivity contribution < 1.29 is 13.2 Å². The molecule has 6 nitrogen and oxygen atoms in total. The number of sulfone groups is 1. The van der Waals surface area contributed by atoms with Gasteiger partial charge in [-0.3, -0.25) is 0 Å². The van der Waals surface area contributed by atoms with E-state index in [-0.39, 0.29) is 17.5 Å². The van der Waals surface area contributed by atoms with Crippen LogP contribution in [0.2, 0.25) is 0 Å². The van der Waals surface area contributed by atoms with E-state index in [0.29, 0.717) is 24.2 Å². The SMILES string of the molecule is CC1CCC(C(C)C)/C(=N/NC(=O)NC2CCS(=O)(=O)C2)C1. The lowest BCUT2D eigenvalue weighted by molar-refractivity contribution is 0.238. The van der Waals surface area contributed by atoms with Crippen molar-refractivity contribution in [2.75, 3.05) is 11.5 Å². The highest BCUT2D eigenvalue weighted by Crippen LogP contribution is 2.31. The van der Waals surface area contributed by atoms with Crippen LogP contribution in [0, 0.1) is 17.8 Å². The summed E-state index contributed by atoms with van der Waals surface area (Å²) in [5.41, 5.74) is 3.61. The zero-order valence-corrected chi connectivity index (χ0v) is 14.4. The van der Waals surface area contributed by atoms with Crippen LogP contribution in [0.15, 0.2) is 5.10 Å². The van der Waals surface area contributed by atoms with Crippen LogP contribution in [-0.2, 0) is 9.84 Å². The molecule has 3 atom stereocenters. The Hall–Kier alpha value is -1.11. The summed E-state index contributed by atoms with van der Waals surface area (Å²) in [6, 6.07) is -0.702. The number of hydrazone groups is 1. The number of carbonyl (C=O) groups is 1. The first-order valence-electron chi connectivity index (χ1n) is 8.10. The molecule has 1 saturated carbocycles. The summed E-state index contributed by atoms with van der Waals surface area (Å²) in [6.07, 6.45) is 3.72. The second kappa shape index (κ2) is 6.98. The van der Waals surface area contributed by atoms with Gasteiger partial charge in [-0.15, -0.1) is 0 Å². The Morgan fingerprint density at radius 1 is 1.27 bits per heavy atom. The van der Waals surface area contributed by atoms with Crippen LogP contribution in [0.25, 0.3) is 0 Å². The molecule has 1 saturated heterocycles. The first-order valence-corrected chi connectivity index (χ1v) is 9.92. The summed E-state index contributed by atoms with van der Waals surface area (Å²) in [7, 11) is -2.98. The molecule has 0 bridgehead atoms. The molecule has 2 aliphatic rings. The lowest BCUT2D eigenvalue weighted by Crippen LogP contribution is -2.41. The highest BCUT2D eigenvalue weighted by molar-refractivity contribution is 7.91. The van der Waals surface area contributed by atoms with Crippen molar-refractivity contribution in [1.29, 1.82) is 0 Å². The number of nitrogens with one attached hydrogen (secondary N) is 2. The van der Waals surface area contributed by atoms with Gasteiger partial charge >= 0.3 is 6.03 Å². The Morgan fingerprint density at radius 2 is 2.00 bits per heavy atom. The Labute approximate surface area is 133 Å². The molecule has 2 N–H and O–H groups in total. The molecule has 2 rings (SSSR count). The number of hydrogen-bond donors (Lipinski definition) is 2. The summed E-state index contributed by atoms with van der Waals surface area (Å²) in [6.45, 7) is 6.56. The minimum Gasteiger partial charge on any atom is -0.333 e. The zero-order chi connectivity index (χ0) is 16.3. The fourth-order valence-electron chi connectivity index (χ4n) is 3.34. The van der Waals surface area contributed by atoms with Crippen molar-refractivity contribution >= 4 is 21.6 Å². The number of carbonyl (C=O) groups excluding carboxylic acids is 1. The second-order valence-corrected chi connectivity index (χ2v) is 9.25. The van der Waals surface area contributed by atoms with E-state index in [4.69, 9.17) is 0 Å². The molecule has 2 amide bonds. The van der Waals surface area contributed by atoms with E-state index >= 15 is 0 Å². The molecule has 3 unspecified atom stereocenters. The van der Waals surface area contributed by atoms with E-state index in [2.05, 4.69) is 36.6 Å². The molecule has 1 heterocycles. The third-order valence-corrected chi connectivity index (χ3v) is 6.40. The van der Waals surface area contributed by atoms with Gasteiger partial charge in [0.2, 0.25) is 0 Å². The largest absolute Gasteiger partial charge is 0.335 e. The van der Waals surface area contributed by atoms with Crippen LogP contribution in [-0.4, -0.2) is 37.7 Å². The summed E-state index contributed by atoms with van der Waals surface area (Å²) >= 11 is 0. The number of urea groups is 1. The molecule has 0 aromatic carbocycles. The van der Waals surface area contributed by atoms with Gasteiger partial charge in [0.15, 0.2) is 9.84 Å². The second-order valence-electron chi connectivity index (χ2n) is 7.03. The Balaban J connectivity index is 1.90. The van der Waals surface area contributed by atoms with Gasteiger partial charge < -0.3 is 5.32 Å². The van der Waals surface area contributed by atoms with E-state index in [1.807, 2.05) is 0 Å². The molecule has 1 aliphatic carbocycles. The number of hydrogen-bond acceptors (Lipinski definition) is 4. The van der Waals surface area contributed by atoms with Crippen LogP contribution in [0.4, 0.5) is 4.79 Å². The van der Waals surface area contributed by atoms with Gasteiger partial charge in [0, 0.05) is 17.7 Å². The van der Waals surface area contributed by atoms with Crippen molar-refractivity contribution in [1.82, 2.24) is 10.7 Å². The Morgan fingerprint density at radius 3 is 2.59 bits per heavy atom. The molecular weight excluding hydrogens is 302 g/mol. The van der Waals surface area contributed by atoms with Gasteiger partial charge in [-0.1, -0.05) is 20.8 Å². The Kier molecular flexibility index (Phi) is 5.47. The smallest absolute Gasteiger partial charge is 0.333 e. The maximum absolute atomic E-state index is 11.9. The minimum absolute atomic E-state index is 0.0304. The summed E-state index contributed by atoms with van der Waals surface area (Å²) < 4.78 is 22.8. The monoisotopic (exact) mass is 329 g/mol. The van der Waals surface area contributed by atoms with E-state index in [1.165, 1.54) is 6.42 Å². The van der Waals surface area contributed by atoms with Crippen molar-refractivity contribution in [3.63, 3.8) is 0 Å². The van der Waals surface area contributed by atoms with Gasteiger partial charge in [-0.05, 0) is 37.5 Å². The van der Waals surface area contributed by atoms with Gasteiger partial charge in [0.05, 0.1) is 11.5 Å². The molecule has 0 aromatic rings. The van der Waals surface area contributed by atoms with Gasteiger partial charge in [-0.2, -0.15) is 5.10 Å². The standard InChI is InChI=1S/C15H27N3O3S/c1-10(2)13-5-4-11(3)8-14(13)17-18-15(19)16-12-6-7-22(20,21)9-12/h10-13H,4-9H2,1-3H3,(H2,16,18,19)/b17-14+. The first-order chi connectivity index (χ1) is 10.3. The normalized spacial score (nSPS) is 33.1. The van der Waals surface area contributed by atoms with Crippen LogP contribution >= 0.6 is 0 Å². The molecular formula is C15H27N3O3S. The van der Waals surface area contributed by atoms with Crippen molar-refractivity contribution in [3.05, 3.63) is 0 Å². The van der Waals surface area contributed by atoms with Gasteiger partial charge in [-0.25, -0.2) is 18.6 Å². The topological polar surface area (TPSA) is 87.6 Å². The molecule has 0 radical (unpaired) electrons.